The largest absolute Gasteiger partial charge is 0.444 e. The Bertz CT molecular complexity index is 440. The summed E-state index contributed by atoms with van der Waals surface area (Å²) in [6, 6.07) is 10.5. The third kappa shape index (κ3) is 4.23. The molecular weight excluding hydrogens is 252 g/mol. The number of alkyl carbamates (subject to hydrolysis) is 1. The molecule has 1 amide bonds. The molecule has 0 aliphatic carbocycles. The van der Waals surface area contributed by atoms with Gasteiger partial charge in [0, 0.05) is 0 Å². The predicted molar refractivity (Wildman–Crippen MR) is 79.6 cm³/mol. The van der Waals surface area contributed by atoms with E-state index in [0.717, 1.165) is 19.4 Å². The smallest absolute Gasteiger partial charge is 0.407 e. The van der Waals surface area contributed by atoms with Crippen LogP contribution in [0.25, 0.3) is 0 Å². The highest BCUT2D eigenvalue weighted by Gasteiger charge is 2.28. The van der Waals surface area contributed by atoms with Crippen molar-refractivity contribution in [2.45, 2.75) is 51.3 Å². The van der Waals surface area contributed by atoms with E-state index >= 15 is 0 Å². The molecule has 1 aromatic rings. The van der Waals surface area contributed by atoms with Crippen molar-refractivity contribution in [2.24, 2.45) is 0 Å². The molecule has 2 N–H and O–H groups in total. The Balaban J connectivity index is 2.03. The van der Waals surface area contributed by atoms with Gasteiger partial charge in [0.1, 0.15) is 5.60 Å². The second-order valence-corrected chi connectivity index (χ2v) is 6.24. The molecule has 0 unspecified atom stereocenters. The van der Waals surface area contributed by atoms with Crippen LogP contribution in [0.1, 0.15) is 45.2 Å². The molecule has 1 fully saturated rings. The Morgan fingerprint density at radius 3 is 2.65 bits per heavy atom. The number of ether oxygens (including phenoxy) is 1. The summed E-state index contributed by atoms with van der Waals surface area (Å²) in [7, 11) is 0. The molecule has 0 saturated carbocycles. The van der Waals surface area contributed by atoms with Crippen molar-refractivity contribution in [3.05, 3.63) is 35.9 Å². The zero-order valence-electron chi connectivity index (χ0n) is 12.5. The minimum atomic E-state index is -0.464. The number of hydrogen-bond donors (Lipinski definition) is 2. The van der Waals surface area contributed by atoms with E-state index in [2.05, 4.69) is 22.8 Å². The molecule has 1 aliphatic heterocycles. The van der Waals surface area contributed by atoms with Crippen LogP contribution in [0.5, 0.6) is 0 Å². The van der Waals surface area contributed by atoms with E-state index in [9.17, 15) is 4.79 Å². The molecule has 0 bridgehead atoms. The zero-order valence-corrected chi connectivity index (χ0v) is 12.5. The Hall–Kier alpha value is -1.55. The molecule has 2 rings (SSSR count). The first kappa shape index (κ1) is 14.9. The molecule has 4 nitrogen and oxygen atoms in total. The molecule has 0 radical (unpaired) electrons. The van der Waals surface area contributed by atoms with Gasteiger partial charge in [-0.25, -0.2) is 4.79 Å². The van der Waals surface area contributed by atoms with Crippen molar-refractivity contribution in [2.75, 3.05) is 6.54 Å². The lowest BCUT2D eigenvalue weighted by atomic mass is 9.92. The van der Waals surface area contributed by atoms with E-state index in [4.69, 9.17) is 4.74 Å². The van der Waals surface area contributed by atoms with E-state index in [1.165, 1.54) is 5.56 Å². The molecule has 1 aromatic carbocycles. The number of carbonyl (C=O) groups excluding carboxylic acids is 1. The van der Waals surface area contributed by atoms with Crippen molar-refractivity contribution in [1.82, 2.24) is 10.6 Å². The van der Waals surface area contributed by atoms with Gasteiger partial charge in [-0.15, -0.1) is 0 Å². The van der Waals surface area contributed by atoms with Gasteiger partial charge in [-0.2, -0.15) is 0 Å². The summed E-state index contributed by atoms with van der Waals surface area (Å²) in [5.41, 5.74) is 0.738. The molecule has 0 aromatic heterocycles. The van der Waals surface area contributed by atoms with Gasteiger partial charge >= 0.3 is 6.09 Å². The minimum Gasteiger partial charge on any atom is -0.444 e. The zero-order chi connectivity index (χ0) is 14.6. The van der Waals surface area contributed by atoms with Crippen LogP contribution in [0.4, 0.5) is 4.79 Å². The Kier molecular flexibility index (Phi) is 4.65. The number of carbonyl (C=O) groups is 1. The minimum absolute atomic E-state index is 0.0704. The Morgan fingerprint density at radius 2 is 2.00 bits per heavy atom. The highest BCUT2D eigenvalue weighted by Crippen LogP contribution is 2.23. The molecule has 1 saturated heterocycles. The van der Waals surface area contributed by atoms with Gasteiger partial charge in [-0.05, 0) is 45.7 Å². The van der Waals surface area contributed by atoms with Crippen LogP contribution in [0.2, 0.25) is 0 Å². The molecule has 4 heteroatoms. The summed E-state index contributed by atoms with van der Waals surface area (Å²) < 4.78 is 5.35. The number of nitrogens with one attached hydrogen (secondary N) is 2. The van der Waals surface area contributed by atoms with Crippen LogP contribution < -0.4 is 10.6 Å². The molecular formula is C16H24N2O2. The summed E-state index contributed by atoms with van der Waals surface area (Å²) in [4.78, 5) is 11.9. The summed E-state index contributed by atoms with van der Waals surface area (Å²) in [6.45, 7) is 6.60. The van der Waals surface area contributed by atoms with E-state index in [-0.39, 0.29) is 18.2 Å². The van der Waals surface area contributed by atoms with Crippen LogP contribution in [0.15, 0.2) is 30.3 Å². The van der Waals surface area contributed by atoms with Crippen molar-refractivity contribution >= 4 is 6.09 Å². The highest BCUT2D eigenvalue weighted by atomic mass is 16.6. The molecule has 2 atom stereocenters. The monoisotopic (exact) mass is 276 g/mol. The predicted octanol–water partition coefficient (Wildman–Crippen LogP) is 3.00. The maximum absolute atomic E-state index is 11.9. The first-order valence-electron chi connectivity index (χ1n) is 7.23. The van der Waals surface area contributed by atoms with Crippen molar-refractivity contribution in [3.63, 3.8) is 0 Å². The summed E-state index contributed by atoms with van der Waals surface area (Å²) in [5, 5.41) is 6.48. The second kappa shape index (κ2) is 6.27. The van der Waals surface area contributed by atoms with Crippen molar-refractivity contribution in [1.29, 1.82) is 0 Å². The lowest BCUT2D eigenvalue weighted by molar-refractivity contribution is 0.0481. The Morgan fingerprint density at radius 1 is 1.30 bits per heavy atom. The fourth-order valence-corrected chi connectivity index (χ4v) is 2.51. The molecule has 1 aliphatic rings. The third-order valence-corrected chi connectivity index (χ3v) is 3.32. The van der Waals surface area contributed by atoms with Crippen molar-refractivity contribution in [3.8, 4) is 0 Å². The normalized spacial score (nSPS) is 23.1. The molecule has 110 valence electrons. The standard InChI is InChI=1S/C16H24N2O2/c1-16(2,3)20-15(19)18-13-10-7-11-17-14(13)12-8-5-4-6-9-12/h4-6,8-9,13-14,17H,7,10-11H2,1-3H3,(H,18,19)/t13-,14-/m1/s1. The van der Waals surface area contributed by atoms with Crippen molar-refractivity contribution < 1.29 is 9.53 Å². The van der Waals surface area contributed by atoms with Crippen LogP contribution in [-0.4, -0.2) is 24.3 Å². The SMILES string of the molecule is CC(C)(C)OC(=O)N[C@@H]1CCCN[C@@H]1c1ccccc1. The number of piperidine rings is 1. The second-order valence-electron chi connectivity index (χ2n) is 6.24. The number of hydrogen-bond acceptors (Lipinski definition) is 3. The third-order valence-electron chi connectivity index (χ3n) is 3.32. The summed E-state index contributed by atoms with van der Waals surface area (Å²) >= 11 is 0. The fraction of sp³-hybridized carbons (Fsp3) is 0.562. The van der Waals surface area contributed by atoms with Gasteiger partial charge in [-0.1, -0.05) is 30.3 Å². The molecule has 20 heavy (non-hydrogen) atoms. The summed E-state index contributed by atoms with van der Waals surface area (Å²) in [6.07, 6.45) is 1.68. The van der Waals surface area contributed by atoms with E-state index in [1.54, 1.807) is 0 Å². The highest BCUT2D eigenvalue weighted by molar-refractivity contribution is 5.68. The van der Waals surface area contributed by atoms with Gasteiger partial charge in [0.05, 0.1) is 12.1 Å². The molecule has 0 spiro atoms. The fourth-order valence-electron chi connectivity index (χ4n) is 2.51. The van der Waals surface area contributed by atoms with Crippen LogP contribution >= 0.6 is 0 Å². The first-order chi connectivity index (χ1) is 9.46. The summed E-state index contributed by atoms with van der Waals surface area (Å²) in [5.74, 6) is 0. The van der Waals surface area contributed by atoms with Gasteiger partial charge in [0.15, 0.2) is 0 Å². The number of amides is 1. The van der Waals surface area contributed by atoms with E-state index < -0.39 is 5.60 Å². The number of benzene rings is 1. The maximum atomic E-state index is 11.9. The first-order valence-corrected chi connectivity index (χ1v) is 7.23. The van der Waals surface area contributed by atoms with Crippen LogP contribution in [0, 0.1) is 0 Å². The quantitative estimate of drug-likeness (QED) is 0.873. The van der Waals surface area contributed by atoms with E-state index in [1.807, 2.05) is 39.0 Å². The maximum Gasteiger partial charge on any atom is 0.407 e. The van der Waals surface area contributed by atoms with Crippen LogP contribution in [-0.2, 0) is 4.74 Å². The average Bonchev–Trinajstić information content (AvgIpc) is 2.38. The lowest BCUT2D eigenvalue weighted by Crippen LogP contribution is -2.49. The van der Waals surface area contributed by atoms with Gasteiger partial charge < -0.3 is 15.4 Å². The topological polar surface area (TPSA) is 50.4 Å². The van der Waals surface area contributed by atoms with Gasteiger partial charge in [-0.3, -0.25) is 0 Å². The number of rotatable bonds is 2. The van der Waals surface area contributed by atoms with E-state index in [0.29, 0.717) is 0 Å². The molecule has 1 heterocycles. The van der Waals surface area contributed by atoms with Gasteiger partial charge in [0.25, 0.3) is 0 Å². The van der Waals surface area contributed by atoms with Crippen LogP contribution in [0.3, 0.4) is 0 Å². The average molecular weight is 276 g/mol. The van der Waals surface area contributed by atoms with Gasteiger partial charge in [0.2, 0.25) is 0 Å². The Labute approximate surface area is 120 Å². The lowest BCUT2D eigenvalue weighted by Gasteiger charge is -2.34.